The predicted molar refractivity (Wildman–Crippen MR) is 75.2 cm³/mol. The Hall–Kier alpha value is -1.40. The van der Waals surface area contributed by atoms with Crippen LogP contribution < -0.4 is 5.56 Å². The van der Waals surface area contributed by atoms with Gasteiger partial charge in [0.25, 0.3) is 5.56 Å². The summed E-state index contributed by atoms with van der Waals surface area (Å²) in [5.74, 6) is -0.0290. The van der Waals surface area contributed by atoms with Crippen molar-refractivity contribution >= 4 is 39.1 Å². The molecule has 0 radical (unpaired) electrons. The van der Waals surface area contributed by atoms with Gasteiger partial charge in [0.2, 0.25) is 0 Å². The van der Waals surface area contributed by atoms with Gasteiger partial charge in [0.15, 0.2) is 0 Å². The Morgan fingerprint density at radius 2 is 2.26 bits per heavy atom. The van der Waals surface area contributed by atoms with E-state index in [1.165, 1.54) is 0 Å². The van der Waals surface area contributed by atoms with E-state index in [4.69, 9.17) is 16.3 Å². The molecule has 1 N–H and O–H groups in total. The third-order valence-corrected chi connectivity index (χ3v) is 4.03. The lowest BCUT2D eigenvalue weighted by Crippen LogP contribution is -2.12. The first kappa shape index (κ1) is 14.0. The number of aromatic nitrogens is 2. The van der Waals surface area contributed by atoms with Crippen molar-refractivity contribution in [2.45, 2.75) is 26.1 Å². The summed E-state index contributed by atoms with van der Waals surface area (Å²) < 4.78 is 4.96. The first-order chi connectivity index (χ1) is 8.95. The molecular formula is C12H13ClN2O3S. The normalized spacial score (nSPS) is 12.6. The summed E-state index contributed by atoms with van der Waals surface area (Å²) in [4.78, 5) is 31.6. The largest absolute Gasteiger partial charge is 0.462 e. The van der Waals surface area contributed by atoms with E-state index in [0.717, 1.165) is 11.3 Å². The molecule has 0 aliphatic heterocycles. The molecule has 7 heteroatoms. The quantitative estimate of drug-likeness (QED) is 0.699. The van der Waals surface area contributed by atoms with Crippen LogP contribution in [0.2, 0.25) is 0 Å². The third-order valence-electron chi connectivity index (χ3n) is 2.66. The highest BCUT2D eigenvalue weighted by Crippen LogP contribution is 2.28. The van der Waals surface area contributed by atoms with Gasteiger partial charge >= 0.3 is 5.97 Å². The minimum atomic E-state index is -0.428. The number of hydrogen-bond acceptors (Lipinski definition) is 5. The first-order valence-corrected chi connectivity index (χ1v) is 7.05. The summed E-state index contributed by atoms with van der Waals surface area (Å²) in [6.07, 6.45) is 0. The number of hydrogen-bond donors (Lipinski definition) is 1. The van der Waals surface area contributed by atoms with E-state index in [1.54, 1.807) is 20.8 Å². The van der Waals surface area contributed by atoms with E-state index in [9.17, 15) is 9.59 Å². The number of nitrogens with one attached hydrogen (secondary N) is 1. The van der Waals surface area contributed by atoms with Gasteiger partial charge in [-0.1, -0.05) is 0 Å². The van der Waals surface area contributed by atoms with Crippen molar-refractivity contribution < 1.29 is 9.53 Å². The Balaban J connectivity index is 2.66. The van der Waals surface area contributed by atoms with Crippen molar-refractivity contribution in [3.05, 3.63) is 26.6 Å². The molecule has 0 saturated heterocycles. The number of halogens is 1. The number of nitrogens with zero attached hydrogens (tertiary/aromatic N) is 1. The average molecular weight is 301 g/mol. The lowest BCUT2D eigenvalue weighted by Gasteiger charge is -2.01. The summed E-state index contributed by atoms with van der Waals surface area (Å²) in [6.45, 7) is 5.46. The molecule has 0 spiro atoms. The molecule has 0 fully saturated rings. The summed E-state index contributed by atoms with van der Waals surface area (Å²) in [5, 5.41) is 0.0275. The van der Waals surface area contributed by atoms with Crippen molar-refractivity contribution in [2.24, 2.45) is 0 Å². The molecule has 1 atom stereocenters. The lowest BCUT2D eigenvalue weighted by molar-refractivity contribution is 0.0531. The molecule has 19 heavy (non-hydrogen) atoms. The number of H-pyrrole nitrogens is 1. The SMILES string of the molecule is CCOC(=O)c1sc2nc([C@@H](C)Cl)[nH]c(=O)c2c1C. The maximum absolute atomic E-state index is 12.0. The fourth-order valence-corrected chi connectivity index (χ4v) is 2.93. The van der Waals surface area contributed by atoms with Crippen LogP contribution in [0.1, 0.15) is 40.3 Å². The number of alkyl halides is 1. The van der Waals surface area contributed by atoms with Crippen LogP contribution in [0.3, 0.4) is 0 Å². The molecule has 2 rings (SSSR count). The van der Waals surface area contributed by atoms with E-state index in [1.807, 2.05) is 0 Å². The number of carbonyl (C=O) groups excluding carboxylic acids is 1. The standard InChI is InChI=1S/C12H13ClN2O3S/c1-4-18-12(17)8-5(2)7-10(16)14-9(6(3)13)15-11(7)19-8/h6H,4H2,1-3H3,(H,14,15,16)/t6-/m1/s1. The molecule has 2 heterocycles. The zero-order chi connectivity index (χ0) is 14.2. The van der Waals surface area contributed by atoms with E-state index < -0.39 is 11.3 Å². The zero-order valence-corrected chi connectivity index (χ0v) is 12.3. The maximum Gasteiger partial charge on any atom is 0.348 e. The Labute approximate surface area is 118 Å². The van der Waals surface area contributed by atoms with Crippen LogP contribution in [0, 0.1) is 6.92 Å². The zero-order valence-electron chi connectivity index (χ0n) is 10.7. The van der Waals surface area contributed by atoms with Gasteiger partial charge < -0.3 is 9.72 Å². The third kappa shape index (κ3) is 2.50. The van der Waals surface area contributed by atoms with Gasteiger partial charge in [0.05, 0.1) is 17.4 Å². The Morgan fingerprint density at radius 3 is 2.84 bits per heavy atom. The number of aromatic amines is 1. The Morgan fingerprint density at radius 1 is 1.58 bits per heavy atom. The summed E-state index contributed by atoms with van der Waals surface area (Å²) in [7, 11) is 0. The molecule has 0 saturated carbocycles. The van der Waals surface area contributed by atoms with E-state index in [2.05, 4.69) is 9.97 Å². The van der Waals surface area contributed by atoms with Gasteiger partial charge in [-0.15, -0.1) is 22.9 Å². The number of esters is 1. The van der Waals surface area contributed by atoms with Crippen molar-refractivity contribution in [3.63, 3.8) is 0 Å². The molecule has 0 aromatic carbocycles. The molecule has 2 aromatic heterocycles. The molecule has 0 bridgehead atoms. The molecule has 0 amide bonds. The second-order valence-corrected chi connectivity index (χ2v) is 5.68. The van der Waals surface area contributed by atoms with Gasteiger partial charge in [-0.2, -0.15) is 0 Å². The second-order valence-electron chi connectivity index (χ2n) is 4.02. The molecule has 0 unspecified atom stereocenters. The molecular weight excluding hydrogens is 288 g/mol. The van der Waals surface area contributed by atoms with Gasteiger partial charge in [-0.25, -0.2) is 9.78 Å². The van der Waals surface area contributed by atoms with Crippen LogP contribution in [0.15, 0.2) is 4.79 Å². The second kappa shape index (κ2) is 5.30. The Kier molecular flexibility index (Phi) is 3.91. The maximum atomic E-state index is 12.0. The monoisotopic (exact) mass is 300 g/mol. The summed E-state index contributed by atoms with van der Waals surface area (Å²) in [5.41, 5.74) is 0.317. The van der Waals surface area contributed by atoms with Crippen LogP contribution in [0.4, 0.5) is 0 Å². The van der Waals surface area contributed by atoms with Gasteiger partial charge in [-0.05, 0) is 26.3 Å². The van der Waals surface area contributed by atoms with Crippen LogP contribution in [-0.2, 0) is 4.74 Å². The van der Waals surface area contributed by atoms with Crippen molar-refractivity contribution in [3.8, 4) is 0 Å². The van der Waals surface area contributed by atoms with Gasteiger partial charge in [-0.3, -0.25) is 4.79 Å². The first-order valence-electron chi connectivity index (χ1n) is 5.80. The lowest BCUT2D eigenvalue weighted by atomic mass is 10.2. The number of ether oxygens (including phenoxy) is 1. The minimum absolute atomic E-state index is 0.281. The smallest absolute Gasteiger partial charge is 0.348 e. The topological polar surface area (TPSA) is 72.0 Å². The predicted octanol–water partition coefficient (Wildman–Crippen LogP) is 2.77. The van der Waals surface area contributed by atoms with E-state index in [-0.39, 0.29) is 5.56 Å². The molecule has 0 aliphatic carbocycles. The Bertz CT molecular complexity index is 690. The summed E-state index contributed by atoms with van der Waals surface area (Å²) in [6, 6.07) is 0. The molecule has 102 valence electrons. The molecule has 5 nitrogen and oxygen atoms in total. The van der Waals surface area contributed by atoms with Gasteiger partial charge in [0.1, 0.15) is 15.5 Å². The van der Waals surface area contributed by atoms with Crippen LogP contribution in [-0.4, -0.2) is 22.5 Å². The fourth-order valence-electron chi connectivity index (χ4n) is 1.74. The minimum Gasteiger partial charge on any atom is -0.462 e. The van der Waals surface area contributed by atoms with Crippen LogP contribution >= 0.6 is 22.9 Å². The molecule has 0 aliphatic rings. The highest BCUT2D eigenvalue weighted by molar-refractivity contribution is 7.20. The van der Waals surface area contributed by atoms with Crippen molar-refractivity contribution in [1.29, 1.82) is 0 Å². The highest BCUT2D eigenvalue weighted by Gasteiger charge is 2.20. The summed E-state index contributed by atoms with van der Waals surface area (Å²) >= 11 is 7.07. The van der Waals surface area contributed by atoms with E-state index in [0.29, 0.717) is 33.1 Å². The number of fused-ring (bicyclic) bond motifs is 1. The van der Waals surface area contributed by atoms with Crippen LogP contribution in [0.25, 0.3) is 10.2 Å². The number of thiophene rings is 1. The fraction of sp³-hybridized carbons (Fsp3) is 0.417. The van der Waals surface area contributed by atoms with E-state index >= 15 is 0 Å². The van der Waals surface area contributed by atoms with Gasteiger partial charge in [0, 0.05) is 0 Å². The number of carbonyl (C=O) groups is 1. The number of aryl methyl sites for hydroxylation is 1. The van der Waals surface area contributed by atoms with Crippen LogP contribution in [0.5, 0.6) is 0 Å². The highest BCUT2D eigenvalue weighted by atomic mass is 35.5. The number of rotatable bonds is 3. The molecule has 2 aromatic rings. The average Bonchev–Trinajstić information content (AvgIpc) is 2.67. The van der Waals surface area contributed by atoms with Crippen molar-refractivity contribution in [1.82, 2.24) is 9.97 Å². The van der Waals surface area contributed by atoms with Crippen molar-refractivity contribution in [2.75, 3.05) is 6.61 Å².